The fraction of sp³-hybridized carbons (Fsp3) is 0.733. The molecule has 0 atom stereocenters. The van der Waals surface area contributed by atoms with E-state index in [1.54, 1.807) is 12.3 Å². The number of hydrogen-bond acceptors (Lipinski definition) is 3. The molecule has 1 aromatic rings. The van der Waals surface area contributed by atoms with E-state index in [-0.39, 0.29) is 5.41 Å². The van der Waals surface area contributed by atoms with Crippen LogP contribution in [-0.4, -0.2) is 25.6 Å². The van der Waals surface area contributed by atoms with Gasteiger partial charge in [0, 0.05) is 38.1 Å². The number of nitrogens with one attached hydrogen (secondary N) is 2. The lowest BCUT2D eigenvalue weighted by Gasteiger charge is -2.22. The molecule has 0 unspecified atom stereocenters. The minimum Gasteiger partial charge on any atom is -0.352 e. The zero-order valence-electron chi connectivity index (χ0n) is 13.4. The van der Waals surface area contributed by atoms with Crippen molar-refractivity contribution in [1.29, 1.82) is 0 Å². The number of aromatic nitrogens is 1. The first-order valence-electron chi connectivity index (χ1n) is 7.62. The van der Waals surface area contributed by atoms with Crippen LogP contribution in [-0.2, 0) is 23.6 Å². The summed E-state index contributed by atoms with van der Waals surface area (Å²) in [5.41, 5.74) is 0.968. The third-order valence-corrected chi connectivity index (χ3v) is 5.61. The van der Waals surface area contributed by atoms with Crippen LogP contribution in [0.4, 0.5) is 0 Å². The molecule has 1 heterocycles. The van der Waals surface area contributed by atoms with Crippen LogP contribution in [0, 0.1) is 5.41 Å². The van der Waals surface area contributed by atoms with Crippen LogP contribution in [0.25, 0.3) is 0 Å². The van der Waals surface area contributed by atoms with Crippen molar-refractivity contribution in [2.24, 2.45) is 12.5 Å². The zero-order chi connectivity index (χ0) is 15.7. The third kappa shape index (κ3) is 4.56. The van der Waals surface area contributed by atoms with E-state index in [2.05, 4.69) is 30.8 Å². The first kappa shape index (κ1) is 16.5. The van der Waals surface area contributed by atoms with Gasteiger partial charge in [-0.25, -0.2) is 13.1 Å². The van der Waals surface area contributed by atoms with Gasteiger partial charge in [0.2, 0.25) is 10.0 Å². The van der Waals surface area contributed by atoms with Crippen molar-refractivity contribution >= 4 is 10.0 Å². The maximum Gasteiger partial charge on any atom is 0.242 e. The lowest BCUT2D eigenvalue weighted by Crippen LogP contribution is -2.33. The Kier molecular flexibility index (Phi) is 4.80. The molecule has 0 aliphatic heterocycles. The van der Waals surface area contributed by atoms with E-state index in [4.69, 9.17) is 0 Å². The highest BCUT2D eigenvalue weighted by Crippen LogP contribution is 2.21. The molecule has 2 rings (SSSR count). The third-order valence-electron chi connectivity index (χ3n) is 4.24. The van der Waals surface area contributed by atoms with Gasteiger partial charge >= 0.3 is 0 Å². The summed E-state index contributed by atoms with van der Waals surface area (Å²) in [6, 6.07) is 2.37. The van der Waals surface area contributed by atoms with E-state index < -0.39 is 10.0 Å². The molecule has 0 aromatic carbocycles. The molecule has 5 nitrogen and oxygen atoms in total. The van der Waals surface area contributed by atoms with Gasteiger partial charge in [-0.05, 0) is 30.7 Å². The van der Waals surface area contributed by atoms with E-state index in [1.807, 2.05) is 11.6 Å². The molecule has 0 amide bonds. The first-order valence-corrected chi connectivity index (χ1v) is 9.10. The van der Waals surface area contributed by atoms with E-state index in [0.717, 1.165) is 18.7 Å². The van der Waals surface area contributed by atoms with Crippen molar-refractivity contribution in [3.05, 3.63) is 18.0 Å². The number of rotatable bonds is 8. The molecule has 1 aliphatic rings. The Hall–Kier alpha value is -0.850. The van der Waals surface area contributed by atoms with Gasteiger partial charge in [0.1, 0.15) is 0 Å². The molecular weight excluding hydrogens is 286 g/mol. The molecule has 1 saturated carbocycles. The fourth-order valence-corrected chi connectivity index (χ4v) is 3.27. The molecule has 2 N–H and O–H groups in total. The van der Waals surface area contributed by atoms with Crippen molar-refractivity contribution in [2.75, 3.05) is 6.54 Å². The van der Waals surface area contributed by atoms with Crippen molar-refractivity contribution in [1.82, 2.24) is 14.6 Å². The van der Waals surface area contributed by atoms with Gasteiger partial charge in [-0.3, -0.25) is 0 Å². The second kappa shape index (κ2) is 6.10. The number of hydrogen-bond donors (Lipinski definition) is 2. The lowest BCUT2D eigenvalue weighted by atomic mass is 9.91. The predicted molar refractivity (Wildman–Crippen MR) is 84.5 cm³/mol. The van der Waals surface area contributed by atoms with E-state index in [1.165, 1.54) is 12.8 Å². The van der Waals surface area contributed by atoms with Crippen LogP contribution in [0.1, 0.15) is 45.7 Å². The second-order valence-electron chi connectivity index (χ2n) is 6.78. The molecule has 0 spiro atoms. The maximum absolute atomic E-state index is 12.4. The van der Waals surface area contributed by atoms with E-state index >= 15 is 0 Å². The van der Waals surface area contributed by atoms with Gasteiger partial charge in [-0.1, -0.05) is 20.8 Å². The Morgan fingerprint density at radius 1 is 1.38 bits per heavy atom. The maximum atomic E-state index is 12.4. The molecule has 1 aliphatic carbocycles. The van der Waals surface area contributed by atoms with Gasteiger partial charge in [-0.15, -0.1) is 0 Å². The monoisotopic (exact) mass is 313 g/mol. The highest BCUT2D eigenvalue weighted by Gasteiger charge is 2.24. The highest BCUT2D eigenvalue weighted by molar-refractivity contribution is 7.89. The Labute approximate surface area is 128 Å². The average Bonchev–Trinajstić information content (AvgIpc) is 3.17. The van der Waals surface area contributed by atoms with Crippen molar-refractivity contribution in [3.8, 4) is 0 Å². The highest BCUT2D eigenvalue weighted by atomic mass is 32.2. The van der Waals surface area contributed by atoms with Gasteiger partial charge in [0.05, 0.1) is 4.90 Å². The average molecular weight is 313 g/mol. The van der Waals surface area contributed by atoms with Crippen LogP contribution in [0.2, 0.25) is 0 Å². The van der Waals surface area contributed by atoms with Crippen LogP contribution in [0.5, 0.6) is 0 Å². The van der Waals surface area contributed by atoms with Gasteiger partial charge in [-0.2, -0.15) is 0 Å². The zero-order valence-corrected chi connectivity index (χ0v) is 14.3. The quantitative estimate of drug-likeness (QED) is 0.771. The van der Waals surface area contributed by atoms with Crippen LogP contribution in [0.3, 0.4) is 0 Å². The number of nitrogens with zero attached hydrogens (tertiary/aromatic N) is 1. The Balaban J connectivity index is 2.03. The standard InChI is InChI=1S/C15H27N3O2S/c1-5-15(2,3)11-17-21(19,20)14-8-13(18(4)10-14)9-16-12-6-7-12/h8,10,12,16-17H,5-7,9,11H2,1-4H3. The minimum atomic E-state index is -3.43. The van der Waals surface area contributed by atoms with E-state index in [0.29, 0.717) is 17.5 Å². The molecule has 1 aromatic heterocycles. The molecule has 1 fully saturated rings. The normalized spacial score (nSPS) is 16.4. The molecular formula is C15H27N3O2S. The Morgan fingerprint density at radius 3 is 2.62 bits per heavy atom. The largest absolute Gasteiger partial charge is 0.352 e. The SMILES string of the molecule is CCC(C)(C)CNS(=O)(=O)c1cc(CNC2CC2)n(C)c1. The summed E-state index contributed by atoms with van der Waals surface area (Å²) in [4.78, 5) is 0.351. The molecule has 0 radical (unpaired) electrons. The lowest BCUT2D eigenvalue weighted by molar-refractivity contribution is 0.350. The minimum absolute atomic E-state index is 0.0296. The van der Waals surface area contributed by atoms with E-state index in [9.17, 15) is 8.42 Å². The first-order chi connectivity index (χ1) is 9.73. The number of aryl methyl sites for hydroxylation is 1. The van der Waals surface area contributed by atoms with Crippen molar-refractivity contribution < 1.29 is 8.42 Å². The molecule has 0 bridgehead atoms. The summed E-state index contributed by atoms with van der Waals surface area (Å²) in [6.07, 6.45) is 5.07. The Morgan fingerprint density at radius 2 is 2.05 bits per heavy atom. The summed E-state index contributed by atoms with van der Waals surface area (Å²) in [5.74, 6) is 0. The van der Waals surface area contributed by atoms with Gasteiger partial charge < -0.3 is 9.88 Å². The molecule has 6 heteroatoms. The number of sulfonamides is 1. The summed E-state index contributed by atoms with van der Waals surface area (Å²) in [5, 5.41) is 3.41. The molecule has 120 valence electrons. The topological polar surface area (TPSA) is 63.1 Å². The predicted octanol–water partition coefficient (Wildman–Crippen LogP) is 1.99. The molecule has 0 saturated heterocycles. The summed E-state index contributed by atoms with van der Waals surface area (Å²) < 4.78 is 29.3. The van der Waals surface area contributed by atoms with Crippen LogP contribution in [0.15, 0.2) is 17.2 Å². The van der Waals surface area contributed by atoms with Gasteiger partial charge in [0.15, 0.2) is 0 Å². The Bertz CT molecular complexity index is 586. The smallest absolute Gasteiger partial charge is 0.242 e. The van der Waals surface area contributed by atoms with Crippen LogP contribution >= 0.6 is 0 Å². The second-order valence-corrected chi connectivity index (χ2v) is 8.54. The van der Waals surface area contributed by atoms with Crippen LogP contribution < -0.4 is 10.0 Å². The van der Waals surface area contributed by atoms with Gasteiger partial charge in [0.25, 0.3) is 0 Å². The summed E-state index contributed by atoms with van der Waals surface area (Å²) >= 11 is 0. The molecule has 21 heavy (non-hydrogen) atoms. The fourth-order valence-electron chi connectivity index (χ4n) is 1.93. The van der Waals surface area contributed by atoms with Crippen molar-refractivity contribution in [2.45, 2.75) is 57.5 Å². The summed E-state index contributed by atoms with van der Waals surface area (Å²) in [6.45, 7) is 7.36. The summed E-state index contributed by atoms with van der Waals surface area (Å²) in [7, 11) is -1.54. The van der Waals surface area contributed by atoms with Crippen molar-refractivity contribution in [3.63, 3.8) is 0 Å².